The summed E-state index contributed by atoms with van der Waals surface area (Å²) >= 11 is 0. The van der Waals surface area contributed by atoms with Gasteiger partial charge in [-0.2, -0.15) is 0 Å². The van der Waals surface area contributed by atoms with Crippen LogP contribution in [0.4, 0.5) is 11.5 Å². The lowest BCUT2D eigenvalue weighted by Gasteiger charge is -2.12. The van der Waals surface area contributed by atoms with E-state index < -0.39 is 4.92 Å². The van der Waals surface area contributed by atoms with Crippen molar-refractivity contribution in [3.05, 3.63) is 57.8 Å². The molecule has 0 amide bonds. The van der Waals surface area contributed by atoms with E-state index in [4.69, 9.17) is 4.74 Å². The Bertz CT molecular complexity index is 644. The summed E-state index contributed by atoms with van der Waals surface area (Å²) in [7, 11) is 0. The number of nitro benzene ring substituents is 1. The molecule has 1 heterocycles. The number of hydrogen-bond donors (Lipinski definition) is 1. The SMILES string of the molecule is CCNc1ncccc1COc1c(C)cccc1[N+](=O)[O-]. The minimum absolute atomic E-state index is 0.0242. The molecule has 0 spiro atoms. The van der Waals surface area contributed by atoms with Gasteiger partial charge in [-0.25, -0.2) is 4.98 Å². The van der Waals surface area contributed by atoms with Crippen LogP contribution >= 0.6 is 0 Å². The minimum atomic E-state index is -0.434. The monoisotopic (exact) mass is 287 g/mol. The number of para-hydroxylation sites is 1. The van der Waals surface area contributed by atoms with Crippen LogP contribution in [-0.4, -0.2) is 16.5 Å². The average Bonchev–Trinajstić information content (AvgIpc) is 2.47. The van der Waals surface area contributed by atoms with Gasteiger partial charge in [0.25, 0.3) is 0 Å². The van der Waals surface area contributed by atoms with Gasteiger partial charge in [-0.15, -0.1) is 0 Å². The van der Waals surface area contributed by atoms with Gasteiger partial charge >= 0.3 is 5.69 Å². The number of rotatable bonds is 6. The lowest BCUT2D eigenvalue weighted by molar-refractivity contribution is -0.386. The van der Waals surface area contributed by atoms with Crippen LogP contribution in [0, 0.1) is 17.0 Å². The maximum atomic E-state index is 11.1. The van der Waals surface area contributed by atoms with Gasteiger partial charge in [-0.3, -0.25) is 10.1 Å². The first-order chi connectivity index (χ1) is 10.1. The molecule has 0 fully saturated rings. The van der Waals surface area contributed by atoms with Gasteiger partial charge in [0.15, 0.2) is 5.75 Å². The molecule has 0 bridgehead atoms. The molecule has 0 aliphatic rings. The van der Waals surface area contributed by atoms with Crippen LogP contribution in [0.25, 0.3) is 0 Å². The predicted molar refractivity (Wildman–Crippen MR) is 80.6 cm³/mol. The highest BCUT2D eigenvalue weighted by molar-refractivity contribution is 5.51. The average molecular weight is 287 g/mol. The van der Waals surface area contributed by atoms with Crippen molar-refractivity contribution >= 4 is 11.5 Å². The first kappa shape index (κ1) is 14.8. The van der Waals surface area contributed by atoms with Crippen molar-refractivity contribution < 1.29 is 9.66 Å². The van der Waals surface area contributed by atoms with Crippen LogP contribution in [0.2, 0.25) is 0 Å². The van der Waals surface area contributed by atoms with Crippen molar-refractivity contribution in [1.29, 1.82) is 0 Å². The lowest BCUT2D eigenvalue weighted by Crippen LogP contribution is -2.06. The number of aryl methyl sites for hydroxylation is 1. The normalized spacial score (nSPS) is 10.2. The molecule has 0 aliphatic carbocycles. The van der Waals surface area contributed by atoms with Crippen LogP contribution in [0.15, 0.2) is 36.5 Å². The Labute approximate surface area is 122 Å². The van der Waals surface area contributed by atoms with E-state index in [1.807, 2.05) is 19.1 Å². The molecule has 0 saturated carbocycles. The standard InChI is InChI=1S/C15H17N3O3/c1-3-16-15-12(7-5-9-17-15)10-21-14-11(2)6-4-8-13(14)18(19)20/h4-9H,3,10H2,1-2H3,(H,16,17). The third-order valence-corrected chi connectivity index (χ3v) is 3.00. The molecule has 0 saturated heterocycles. The van der Waals surface area contributed by atoms with Crippen molar-refractivity contribution in [3.63, 3.8) is 0 Å². The molecule has 6 nitrogen and oxygen atoms in total. The first-order valence-electron chi connectivity index (χ1n) is 6.68. The predicted octanol–water partition coefficient (Wildman–Crippen LogP) is 3.31. The summed E-state index contributed by atoms with van der Waals surface area (Å²) in [5.74, 6) is 1.03. The van der Waals surface area contributed by atoms with E-state index in [2.05, 4.69) is 10.3 Å². The molecule has 2 aromatic rings. The first-order valence-corrected chi connectivity index (χ1v) is 6.68. The molecule has 0 atom stereocenters. The van der Waals surface area contributed by atoms with Gasteiger partial charge in [0.05, 0.1) is 4.92 Å². The third-order valence-electron chi connectivity index (χ3n) is 3.00. The molecule has 6 heteroatoms. The number of hydrogen-bond acceptors (Lipinski definition) is 5. The molecule has 110 valence electrons. The number of nitro groups is 1. The lowest BCUT2D eigenvalue weighted by atomic mass is 10.2. The van der Waals surface area contributed by atoms with Crippen LogP contribution in [0.3, 0.4) is 0 Å². The number of ether oxygens (including phenoxy) is 1. The topological polar surface area (TPSA) is 77.3 Å². The van der Waals surface area contributed by atoms with E-state index in [1.54, 1.807) is 25.3 Å². The molecule has 0 aliphatic heterocycles. The van der Waals surface area contributed by atoms with E-state index in [1.165, 1.54) is 6.07 Å². The summed E-state index contributed by atoms with van der Waals surface area (Å²) in [6.45, 7) is 4.73. The van der Waals surface area contributed by atoms with Gasteiger partial charge in [-0.1, -0.05) is 18.2 Å². The maximum Gasteiger partial charge on any atom is 0.311 e. The zero-order valence-corrected chi connectivity index (χ0v) is 12.0. The number of benzene rings is 1. The largest absolute Gasteiger partial charge is 0.482 e. The van der Waals surface area contributed by atoms with Crippen LogP contribution in [0.1, 0.15) is 18.1 Å². The second-order valence-corrected chi connectivity index (χ2v) is 4.51. The highest BCUT2D eigenvalue weighted by Gasteiger charge is 2.17. The van der Waals surface area contributed by atoms with Gasteiger partial charge in [0, 0.05) is 24.4 Å². The van der Waals surface area contributed by atoms with Gasteiger partial charge < -0.3 is 10.1 Å². The fraction of sp³-hybridized carbons (Fsp3) is 0.267. The molecule has 0 unspecified atom stereocenters. The quantitative estimate of drug-likeness (QED) is 0.651. The molecule has 0 radical (unpaired) electrons. The van der Waals surface area contributed by atoms with Gasteiger partial charge in [-0.05, 0) is 25.5 Å². The molecule has 1 N–H and O–H groups in total. The Kier molecular flexibility index (Phi) is 4.71. The number of pyridine rings is 1. The summed E-state index contributed by atoms with van der Waals surface area (Å²) in [6, 6.07) is 8.57. The van der Waals surface area contributed by atoms with Crippen molar-refractivity contribution in [2.45, 2.75) is 20.5 Å². The van der Waals surface area contributed by atoms with Crippen LogP contribution in [-0.2, 0) is 6.61 Å². The van der Waals surface area contributed by atoms with Gasteiger partial charge in [0.2, 0.25) is 0 Å². The molecular weight excluding hydrogens is 270 g/mol. The zero-order chi connectivity index (χ0) is 15.2. The van der Waals surface area contributed by atoms with E-state index in [0.717, 1.165) is 23.5 Å². The Balaban J connectivity index is 2.23. The minimum Gasteiger partial charge on any atom is -0.482 e. The smallest absolute Gasteiger partial charge is 0.311 e. The summed E-state index contributed by atoms with van der Waals surface area (Å²) in [6.07, 6.45) is 1.69. The summed E-state index contributed by atoms with van der Waals surface area (Å²) in [5, 5.41) is 14.2. The summed E-state index contributed by atoms with van der Waals surface area (Å²) < 4.78 is 5.68. The van der Waals surface area contributed by atoms with Crippen LogP contribution < -0.4 is 10.1 Å². The highest BCUT2D eigenvalue weighted by Crippen LogP contribution is 2.31. The van der Waals surface area contributed by atoms with E-state index >= 15 is 0 Å². The molecule has 2 rings (SSSR count). The summed E-state index contributed by atoms with van der Waals surface area (Å²) in [4.78, 5) is 14.9. The second-order valence-electron chi connectivity index (χ2n) is 4.51. The maximum absolute atomic E-state index is 11.1. The van der Waals surface area contributed by atoms with E-state index in [-0.39, 0.29) is 12.3 Å². The zero-order valence-electron chi connectivity index (χ0n) is 12.0. The second kappa shape index (κ2) is 6.69. The van der Waals surface area contributed by atoms with Crippen molar-refractivity contribution in [1.82, 2.24) is 4.98 Å². The molecule has 21 heavy (non-hydrogen) atoms. The van der Waals surface area contributed by atoms with Crippen molar-refractivity contribution in [2.24, 2.45) is 0 Å². The Morgan fingerprint density at radius 2 is 2.14 bits per heavy atom. The highest BCUT2D eigenvalue weighted by atomic mass is 16.6. The fourth-order valence-electron chi connectivity index (χ4n) is 2.00. The Morgan fingerprint density at radius 1 is 1.33 bits per heavy atom. The molecule has 1 aromatic heterocycles. The van der Waals surface area contributed by atoms with E-state index in [9.17, 15) is 10.1 Å². The Hall–Kier alpha value is -2.63. The van der Waals surface area contributed by atoms with Crippen molar-refractivity contribution in [3.8, 4) is 5.75 Å². The third kappa shape index (κ3) is 3.47. The number of aromatic nitrogens is 1. The number of nitrogens with one attached hydrogen (secondary N) is 1. The van der Waals surface area contributed by atoms with Crippen LogP contribution in [0.5, 0.6) is 5.75 Å². The van der Waals surface area contributed by atoms with Crippen molar-refractivity contribution in [2.75, 3.05) is 11.9 Å². The molecule has 1 aromatic carbocycles. The van der Waals surface area contributed by atoms with E-state index in [0.29, 0.717) is 5.75 Å². The van der Waals surface area contributed by atoms with Gasteiger partial charge in [0.1, 0.15) is 12.4 Å². The summed E-state index contributed by atoms with van der Waals surface area (Å²) in [5.41, 5.74) is 1.57. The molecular formula is C15H17N3O3. The number of nitrogens with zero attached hydrogens (tertiary/aromatic N) is 2. The number of anilines is 1. The fourth-order valence-corrected chi connectivity index (χ4v) is 2.00. The Morgan fingerprint density at radius 3 is 2.86 bits per heavy atom.